The van der Waals surface area contributed by atoms with Crippen molar-refractivity contribution >= 4 is 40.1 Å². The number of thioether (sulfide) groups is 1. The highest BCUT2D eigenvalue weighted by Gasteiger charge is 2.32. The van der Waals surface area contributed by atoms with Crippen LogP contribution < -0.4 is 10.6 Å². The number of carbonyl (C=O) groups excluding carboxylic acids is 2. The van der Waals surface area contributed by atoms with Gasteiger partial charge in [0.1, 0.15) is 16.9 Å². The van der Waals surface area contributed by atoms with E-state index in [2.05, 4.69) is 15.6 Å². The van der Waals surface area contributed by atoms with Gasteiger partial charge in [-0.15, -0.1) is 0 Å². The molecule has 1 atom stereocenters. The van der Waals surface area contributed by atoms with Crippen molar-refractivity contribution in [1.82, 2.24) is 5.32 Å². The van der Waals surface area contributed by atoms with Crippen LogP contribution in [0.25, 0.3) is 0 Å². The standard InChI is InChI=1S/C19H17F2N3O2S/c1-10-4-3-5-11(2)17(10)23-19-24-18(26)15(27-19)9-16(25)22-14-7-6-12(20)8-13(14)21/h3-8,15H,9H2,1-2H3,(H,22,25)(H,23,24,26)/t15-/m0/s1. The van der Waals surface area contributed by atoms with Gasteiger partial charge in [0, 0.05) is 12.5 Å². The molecular formula is C19H17F2N3O2S. The molecule has 0 radical (unpaired) electrons. The Hall–Kier alpha value is -2.74. The lowest BCUT2D eigenvalue weighted by Crippen LogP contribution is -2.28. The number of nitrogens with one attached hydrogen (secondary N) is 2. The van der Waals surface area contributed by atoms with Gasteiger partial charge in [0.25, 0.3) is 0 Å². The van der Waals surface area contributed by atoms with Crippen LogP contribution in [0.2, 0.25) is 0 Å². The number of aryl methyl sites for hydroxylation is 2. The van der Waals surface area contributed by atoms with Crippen LogP contribution in [0.3, 0.4) is 0 Å². The van der Waals surface area contributed by atoms with Crippen molar-refractivity contribution in [3.63, 3.8) is 0 Å². The maximum atomic E-state index is 13.6. The number of carbonyl (C=O) groups is 2. The van der Waals surface area contributed by atoms with Crippen molar-refractivity contribution in [3.05, 3.63) is 59.2 Å². The summed E-state index contributed by atoms with van der Waals surface area (Å²) >= 11 is 1.15. The van der Waals surface area contributed by atoms with E-state index in [9.17, 15) is 18.4 Å². The zero-order chi connectivity index (χ0) is 19.6. The number of anilines is 1. The van der Waals surface area contributed by atoms with Gasteiger partial charge < -0.3 is 10.6 Å². The molecule has 1 saturated heterocycles. The number of hydrogen-bond acceptors (Lipinski definition) is 4. The fourth-order valence-electron chi connectivity index (χ4n) is 2.64. The second-order valence-electron chi connectivity index (χ2n) is 6.13. The third kappa shape index (κ3) is 4.51. The number of amides is 2. The van der Waals surface area contributed by atoms with E-state index in [0.717, 1.165) is 40.7 Å². The molecule has 0 saturated carbocycles. The minimum atomic E-state index is -0.871. The molecule has 0 aromatic heterocycles. The Bertz CT molecular complexity index is 926. The SMILES string of the molecule is Cc1cccc(C)c1N=C1NC(=O)[C@H](CC(=O)Nc2ccc(F)cc2F)S1. The van der Waals surface area contributed by atoms with Crippen molar-refractivity contribution in [2.24, 2.45) is 4.99 Å². The van der Waals surface area contributed by atoms with E-state index in [4.69, 9.17) is 0 Å². The fourth-order valence-corrected chi connectivity index (χ4v) is 3.61. The average molecular weight is 389 g/mol. The maximum absolute atomic E-state index is 13.6. The smallest absolute Gasteiger partial charge is 0.240 e. The molecule has 1 heterocycles. The van der Waals surface area contributed by atoms with Gasteiger partial charge in [-0.25, -0.2) is 13.8 Å². The van der Waals surface area contributed by atoms with Crippen LogP contribution in [0, 0.1) is 25.5 Å². The van der Waals surface area contributed by atoms with Gasteiger partial charge in [-0.1, -0.05) is 30.0 Å². The maximum Gasteiger partial charge on any atom is 0.240 e. The van der Waals surface area contributed by atoms with Crippen LogP contribution >= 0.6 is 11.8 Å². The molecule has 1 fully saturated rings. The highest BCUT2D eigenvalue weighted by molar-refractivity contribution is 8.15. The monoisotopic (exact) mass is 389 g/mol. The van der Waals surface area contributed by atoms with Crippen molar-refractivity contribution < 1.29 is 18.4 Å². The molecule has 0 unspecified atom stereocenters. The first-order chi connectivity index (χ1) is 12.8. The van der Waals surface area contributed by atoms with E-state index in [1.54, 1.807) is 0 Å². The van der Waals surface area contributed by atoms with Crippen molar-refractivity contribution in [2.75, 3.05) is 5.32 Å². The Morgan fingerprint density at radius 1 is 1.22 bits per heavy atom. The highest BCUT2D eigenvalue weighted by atomic mass is 32.2. The Morgan fingerprint density at radius 3 is 2.59 bits per heavy atom. The van der Waals surface area contributed by atoms with Gasteiger partial charge in [0.15, 0.2) is 5.17 Å². The number of benzene rings is 2. The third-order valence-corrected chi connectivity index (χ3v) is 5.09. The molecule has 1 aliphatic rings. The summed E-state index contributed by atoms with van der Waals surface area (Å²) < 4.78 is 26.5. The summed E-state index contributed by atoms with van der Waals surface area (Å²) in [5.74, 6) is -2.48. The number of halogens is 2. The van der Waals surface area contributed by atoms with Crippen LogP contribution in [-0.4, -0.2) is 22.2 Å². The predicted molar refractivity (Wildman–Crippen MR) is 102 cm³/mol. The highest BCUT2D eigenvalue weighted by Crippen LogP contribution is 2.29. The molecule has 2 amide bonds. The summed E-state index contributed by atoms with van der Waals surface area (Å²) in [5.41, 5.74) is 2.60. The summed E-state index contributed by atoms with van der Waals surface area (Å²) in [6, 6.07) is 8.65. The average Bonchev–Trinajstić information content (AvgIpc) is 2.93. The molecule has 0 aliphatic carbocycles. The zero-order valence-electron chi connectivity index (χ0n) is 14.7. The van der Waals surface area contributed by atoms with Crippen molar-refractivity contribution in [3.8, 4) is 0 Å². The minimum Gasteiger partial charge on any atom is -0.324 e. The van der Waals surface area contributed by atoms with Gasteiger partial charge in [-0.05, 0) is 37.1 Å². The third-order valence-electron chi connectivity index (χ3n) is 4.01. The number of para-hydroxylation sites is 1. The van der Waals surface area contributed by atoms with Crippen molar-refractivity contribution in [2.45, 2.75) is 25.5 Å². The second-order valence-corrected chi connectivity index (χ2v) is 7.32. The Kier molecular flexibility index (Phi) is 5.55. The van der Waals surface area contributed by atoms with Gasteiger partial charge >= 0.3 is 0 Å². The Labute approximate surface area is 159 Å². The van der Waals surface area contributed by atoms with Gasteiger partial charge in [0.2, 0.25) is 11.8 Å². The summed E-state index contributed by atoms with van der Waals surface area (Å²) in [6.07, 6.45) is -0.154. The summed E-state index contributed by atoms with van der Waals surface area (Å²) in [4.78, 5) is 28.7. The van der Waals surface area contributed by atoms with E-state index in [1.807, 2.05) is 32.0 Å². The van der Waals surface area contributed by atoms with Crippen LogP contribution in [0.4, 0.5) is 20.2 Å². The lowest BCUT2D eigenvalue weighted by Gasteiger charge is -2.08. The van der Waals surface area contributed by atoms with Crippen LogP contribution in [0.5, 0.6) is 0 Å². The molecule has 140 valence electrons. The quantitative estimate of drug-likeness (QED) is 0.835. The first-order valence-electron chi connectivity index (χ1n) is 8.21. The number of aliphatic imine (C=N–C) groups is 1. The molecule has 0 bridgehead atoms. The predicted octanol–water partition coefficient (Wildman–Crippen LogP) is 3.83. The second kappa shape index (κ2) is 7.87. The zero-order valence-corrected chi connectivity index (χ0v) is 15.5. The van der Waals surface area contributed by atoms with Gasteiger partial charge in [0.05, 0.1) is 11.4 Å². The number of rotatable bonds is 4. The minimum absolute atomic E-state index is 0.130. The molecule has 2 aromatic carbocycles. The van der Waals surface area contributed by atoms with E-state index < -0.39 is 22.8 Å². The summed E-state index contributed by atoms with van der Waals surface area (Å²) in [7, 11) is 0. The number of hydrogen-bond donors (Lipinski definition) is 2. The van der Waals surface area contributed by atoms with Gasteiger partial charge in [-0.3, -0.25) is 9.59 Å². The summed E-state index contributed by atoms with van der Waals surface area (Å²) in [6.45, 7) is 3.85. The first kappa shape index (κ1) is 19.0. The first-order valence-corrected chi connectivity index (χ1v) is 9.09. The number of nitrogens with zero attached hydrogens (tertiary/aromatic N) is 1. The molecule has 3 rings (SSSR count). The van der Waals surface area contributed by atoms with E-state index in [1.165, 1.54) is 0 Å². The Morgan fingerprint density at radius 2 is 1.93 bits per heavy atom. The van der Waals surface area contributed by atoms with Gasteiger partial charge in [-0.2, -0.15) is 0 Å². The molecular weight excluding hydrogens is 372 g/mol. The lowest BCUT2D eigenvalue weighted by atomic mass is 10.1. The van der Waals surface area contributed by atoms with Crippen LogP contribution in [0.15, 0.2) is 41.4 Å². The number of amidine groups is 1. The molecule has 1 aliphatic heterocycles. The molecule has 8 heteroatoms. The fraction of sp³-hybridized carbons (Fsp3) is 0.211. The van der Waals surface area contributed by atoms with E-state index in [0.29, 0.717) is 11.2 Å². The summed E-state index contributed by atoms with van der Waals surface area (Å²) in [5, 5.41) is 4.77. The topological polar surface area (TPSA) is 70.6 Å². The normalized spacial score (nSPS) is 17.9. The molecule has 27 heavy (non-hydrogen) atoms. The van der Waals surface area contributed by atoms with Crippen LogP contribution in [-0.2, 0) is 9.59 Å². The molecule has 0 spiro atoms. The molecule has 5 nitrogen and oxygen atoms in total. The van der Waals surface area contributed by atoms with E-state index in [-0.39, 0.29) is 18.0 Å². The molecule has 2 N–H and O–H groups in total. The largest absolute Gasteiger partial charge is 0.324 e. The van der Waals surface area contributed by atoms with Crippen molar-refractivity contribution in [1.29, 1.82) is 0 Å². The Balaban J connectivity index is 1.67. The van der Waals surface area contributed by atoms with E-state index >= 15 is 0 Å². The van der Waals surface area contributed by atoms with Crippen LogP contribution in [0.1, 0.15) is 17.5 Å². The molecule has 2 aromatic rings. The lowest BCUT2D eigenvalue weighted by molar-refractivity contribution is -0.122.